The SMILES string of the molecule is Brc1cn2ccnc2c(OCc2ccccc2)n1. The molecular formula is C13H10BrN3O. The van der Waals surface area contributed by atoms with Crippen molar-refractivity contribution in [2.75, 3.05) is 0 Å². The van der Waals surface area contributed by atoms with Gasteiger partial charge in [-0.2, -0.15) is 0 Å². The molecule has 0 atom stereocenters. The maximum Gasteiger partial charge on any atom is 0.259 e. The molecule has 1 aromatic carbocycles. The molecule has 0 spiro atoms. The number of aromatic nitrogens is 3. The molecule has 4 nitrogen and oxygen atoms in total. The molecule has 0 aliphatic heterocycles. The van der Waals surface area contributed by atoms with E-state index in [0.29, 0.717) is 18.1 Å². The van der Waals surface area contributed by atoms with Gasteiger partial charge in [-0.1, -0.05) is 30.3 Å². The largest absolute Gasteiger partial charge is 0.470 e. The third-order valence-electron chi connectivity index (χ3n) is 2.53. The zero-order valence-electron chi connectivity index (χ0n) is 9.45. The molecule has 0 saturated carbocycles. The average Bonchev–Trinajstić information content (AvgIpc) is 2.85. The van der Waals surface area contributed by atoms with Gasteiger partial charge in [-0.3, -0.25) is 4.40 Å². The summed E-state index contributed by atoms with van der Waals surface area (Å²) in [6.07, 6.45) is 5.42. The van der Waals surface area contributed by atoms with Gasteiger partial charge in [0.2, 0.25) is 5.65 Å². The van der Waals surface area contributed by atoms with Crippen molar-refractivity contribution in [2.45, 2.75) is 6.61 Å². The minimum atomic E-state index is 0.479. The van der Waals surface area contributed by atoms with E-state index in [2.05, 4.69) is 25.9 Å². The number of hydrogen-bond acceptors (Lipinski definition) is 3. The molecule has 0 saturated heterocycles. The first-order valence-corrected chi connectivity index (χ1v) is 6.28. The number of imidazole rings is 1. The maximum absolute atomic E-state index is 5.72. The van der Waals surface area contributed by atoms with Crippen molar-refractivity contribution < 1.29 is 4.74 Å². The fourth-order valence-corrected chi connectivity index (χ4v) is 2.08. The summed E-state index contributed by atoms with van der Waals surface area (Å²) in [4.78, 5) is 8.53. The van der Waals surface area contributed by atoms with Gasteiger partial charge in [-0.15, -0.1) is 0 Å². The molecule has 2 heterocycles. The summed E-state index contributed by atoms with van der Waals surface area (Å²) in [5, 5.41) is 0. The second-order valence-electron chi connectivity index (χ2n) is 3.80. The van der Waals surface area contributed by atoms with Crippen molar-refractivity contribution in [3.63, 3.8) is 0 Å². The van der Waals surface area contributed by atoms with Gasteiger partial charge in [0.05, 0.1) is 0 Å². The summed E-state index contributed by atoms with van der Waals surface area (Å²) < 4.78 is 8.31. The van der Waals surface area contributed by atoms with Gasteiger partial charge in [0.1, 0.15) is 11.2 Å². The molecule has 0 unspecified atom stereocenters. The Hall–Kier alpha value is -1.88. The minimum Gasteiger partial charge on any atom is -0.470 e. The van der Waals surface area contributed by atoms with E-state index in [1.54, 1.807) is 6.20 Å². The fraction of sp³-hybridized carbons (Fsp3) is 0.0769. The fourth-order valence-electron chi connectivity index (χ4n) is 1.70. The lowest BCUT2D eigenvalue weighted by atomic mass is 10.2. The van der Waals surface area contributed by atoms with E-state index in [-0.39, 0.29) is 0 Å². The number of benzene rings is 1. The van der Waals surface area contributed by atoms with Gasteiger partial charge < -0.3 is 4.74 Å². The highest BCUT2D eigenvalue weighted by molar-refractivity contribution is 9.10. The Morgan fingerprint density at radius 2 is 2.06 bits per heavy atom. The van der Waals surface area contributed by atoms with Crippen LogP contribution in [-0.2, 0) is 6.61 Å². The lowest BCUT2D eigenvalue weighted by Crippen LogP contribution is -2.00. The van der Waals surface area contributed by atoms with E-state index in [1.807, 2.05) is 47.1 Å². The van der Waals surface area contributed by atoms with Gasteiger partial charge in [0, 0.05) is 18.6 Å². The van der Waals surface area contributed by atoms with Crippen LogP contribution in [0.1, 0.15) is 5.56 Å². The van der Waals surface area contributed by atoms with Crippen LogP contribution in [0.25, 0.3) is 5.65 Å². The molecule has 3 aromatic rings. The van der Waals surface area contributed by atoms with Crippen molar-refractivity contribution in [1.82, 2.24) is 14.4 Å². The van der Waals surface area contributed by atoms with Gasteiger partial charge in [-0.05, 0) is 21.5 Å². The second-order valence-corrected chi connectivity index (χ2v) is 4.61. The first-order valence-electron chi connectivity index (χ1n) is 5.49. The zero-order valence-corrected chi connectivity index (χ0v) is 11.0. The lowest BCUT2D eigenvalue weighted by Gasteiger charge is -2.07. The second kappa shape index (κ2) is 4.78. The Morgan fingerprint density at radius 1 is 1.22 bits per heavy atom. The van der Waals surface area contributed by atoms with Crippen LogP contribution < -0.4 is 4.74 Å². The maximum atomic E-state index is 5.72. The van der Waals surface area contributed by atoms with Crippen molar-refractivity contribution in [1.29, 1.82) is 0 Å². The normalized spacial score (nSPS) is 10.7. The molecule has 0 fully saturated rings. The van der Waals surface area contributed by atoms with Crippen LogP contribution in [0.4, 0.5) is 0 Å². The molecule has 0 N–H and O–H groups in total. The van der Waals surface area contributed by atoms with Crippen LogP contribution in [0.5, 0.6) is 5.88 Å². The smallest absolute Gasteiger partial charge is 0.259 e. The third-order valence-corrected chi connectivity index (χ3v) is 2.91. The first-order chi connectivity index (χ1) is 8.83. The predicted molar refractivity (Wildman–Crippen MR) is 71.5 cm³/mol. The van der Waals surface area contributed by atoms with Crippen LogP contribution in [0.3, 0.4) is 0 Å². The summed E-state index contributed by atoms with van der Waals surface area (Å²) >= 11 is 3.35. The van der Waals surface area contributed by atoms with Crippen molar-refractivity contribution in [3.8, 4) is 5.88 Å². The van der Waals surface area contributed by atoms with Gasteiger partial charge in [0.25, 0.3) is 5.88 Å². The minimum absolute atomic E-state index is 0.479. The van der Waals surface area contributed by atoms with Gasteiger partial charge in [0.15, 0.2) is 0 Å². The topological polar surface area (TPSA) is 39.4 Å². The third kappa shape index (κ3) is 2.22. The highest BCUT2D eigenvalue weighted by atomic mass is 79.9. The van der Waals surface area contributed by atoms with Crippen LogP contribution in [0.15, 0.2) is 53.5 Å². The number of hydrogen-bond donors (Lipinski definition) is 0. The average molecular weight is 304 g/mol. The van der Waals surface area contributed by atoms with E-state index in [1.165, 1.54) is 0 Å². The van der Waals surface area contributed by atoms with E-state index in [0.717, 1.165) is 10.2 Å². The summed E-state index contributed by atoms with van der Waals surface area (Å²) in [5.74, 6) is 0.526. The molecule has 2 aromatic heterocycles. The Bertz CT molecular complexity index is 666. The van der Waals surface area contributed by atoms with Crippen LogP contribution >= 0.6 is 15.9 Å². The van der Waals surface area contributed by atoms with Crippen LogP contribution in [-0.4, -0.2) is 14.4 Å². The molecule has 0 bridgehead atoms. The van der Waals surface area contributed by atoms with Crippen LogP contribution in [0, 0.1) is 0 Å². The summed E-state index contributed by atoms with van der Waals surface area (Å²) in [5.41, 5.74) is 1.82. The van der Waals surface area contributed by atoms with Crippen molar-refractivity contribution in [3.05, 3.63) is 59.1 Å². The summed E-state index contributed by atoms with van der Waals surface area (Å²) in [6, 6.07) is 9.98. The highest BCUT2D eigenvalue weighted by Crippen LogP contribution is 2.19. The Balaban J connectivity index is 1.88. The number of rotatable bonds is 3. The molecule has 18 heavy (non-hydrogen) atoms. The number of fused-ring (bicyclic) bond motifs is 1. The van der Waals surface area contributed by atoms with E-state index in [4.69, 9.17) is 4.74 Å². The molecule has 0 radical (unpaired) electrons. The predicted octanol–water partition coefficient (Wildman–Crippen LogP) is 3.07. The monoisotopic (exact) mass is 303 g/mol. The Labute approximate surface area is 112 Å². The number of halogens is 1. The highest BCUT2D eigenvalue weighted by Gasteiger charge is 2.07. The molecular weight excluding hydrogens is 294 g/mol. The van der Waals surface area contributed by atoms with Crippen molar-refractivity contribution in [2.24, 2.45) is 0 Å². The Morgan fingerprint density at radius 3 is 2.89 bits per heavy atom. The molecule has 0 aliphatic carbocycles. The molecule has 3 rings (SSSR count). The molecule has 0 amide bonds. The standard InChI is InChI=1S/C13H10BrN3O/c14-11-8-17-7-6-15-12(17)13(16-11)18-9-10-4-2-1-3-5-10/h1-8H,9H2. The summed E-state index contributed by atoms with van der Waals surface area (Å²) in [7, 11) is 0. The summed E-state index contributed by atoms with van der Waals surface area (Å²) in [6.45, 7) is 0.479. The molecule has 5 heteroatoms. The number of nitrogens with zero attached hydrogens (tertiary/aromatic N) is 3. The van der Waals surface area contributed by atoms with Gasteiger partial charge in [-0.25, -0.2) is 9.97 Å². The van der Waals surface area contributed by atoms with E-state index >= 15 is 0 Å². The van der Waals surface area contributed by atoms with Crippen LogP contribution in [0.2, 0.25) is 0 Å². The zero-order chi connectivity index (χ0) is 12.4. The van der Waals surface area contributed by atoms with Crippen molar-refractivity contribution >= 4 is 21.6 Å². The quantitative estimate of drug-likeness (QED) is 0.746. The van der Waals surface area contributed by atoms with E-state index in [9.17, 15) is 0 Å². The van der Waals surface area contributed by atoms with Gasteiger partial charge >= 0.3 is 0 Å². The molecule has 0 aliphatic rings. The Kier molecular flexibility index (Phi) is 2.98. The molecule has 90 valence electrons. The number of ether oxygens (including phenoxy) is 1. The lowest BCUT2D eigenvalue weighted by molar-refractivity contribution is 0.295. The first kappa shape index (κ1) is 11.2. The van der Waals surface area contributed by atoms with E-state index < -0.39 is 0 Å².